The molecule has 4 fully saturated rings. The van der Waals surface area contributed by atoms with Crippen molar-refractivity contribution in [1.29, 1.82) is 0 Å². The molecule has 2 amide bonds. The zero-order valence-corrected chi connectivity index (χ0v) is 16.8. The number of carbonyl (C=O) groups is 2. The lowest BCUT2D eigenvalue weighted by Gasteiger charge is -2.56. The number of aromatic nitrogens is 2. The molecule has 6 rings (SSSR count). The minimum Gasteiger partial charge on any atom is -0.375 e. The SMILES string of the molecule is COCC(=O)Nc1cn2c(C(=O)NCC34CC5CC(CC(C5)C3)C4)cccc2n1. The number of imidazole rings is 1. The first-order valence-electron chi connectivity index (χ1n) is 10.6. The maximum Gasteiger partial charge on any atom is 0.268 e. The van der Waals surface area contributed by atoms with Crippen LogP contribution in [0.2, 0.25) is 0 Å². The largest absolute Gasteiger partial charge is 0.375 e. The van der Waals surface area contributed by atoms with E-state index in [1.165, 1.54) is 45.6 Å². The van der Waals surface area contributed by atoms with Gasteiger partial charge in [0.15, 0.2) is 5.82 Å². The highest BCUT2D eigenvalue weighted by molar-refractivity contribution is 5.94. The highest BCUT2D eigenvalue weighted by Gasteiger charge is 2.50. The van der Waals surface area contributed by atoms with Gasteiger partial charge in [-0.15, -0.1) is 0 Å². The molecule has 2 heterocycles. The van der Waals surface area contributed by atoms with E-state index in [1.807, 2.05) is 12.1 Å². The number of pyridine rings is 1. The molecule has 0 unspecified atom stereocenters. The molecule has 7 heteroatoms. The molecule has 4 saturated carbocycles. The lowest BCUT2D eigenvalue weighted by Crippen LogP contribution is -2.51. The Kier molecular flexibility index (Phi) is 4.57. The summed E-state index contributed by atoms with van der Waals surface area (Å²) in [4.78, 5) is 29.2. The van der Waals surface area contributed by atoms with Crippen LogP contribution in [0, 0.1) is 23.2 Å². The number of rotatable bonds is 6. The van der Waals surface area contributed by atoms with Crippen LogP contribution in [0.4, 0.5) is 5.82 Å². The van der Waals surface area contributed by atoms with Crippen LogP contribution in [0.15, 0.2) is 24.4 Å². The zero-order chi connectivity index (χ0) is 20.0. The number of anilines is 1. The maximum atomic E-state index is 13.0. The summed E-state index contributed by atoms with van der Waals surface area (Å²) in [6.07, 6.45) is 9.69. The first-order chi connectivity index (χ1) is 14.0. The van der Waals surface area contributed by atoms with Crippen molar-refractivity contribution in [1.82, 2.24) is 14.7 Å². The zero-order valence-electron chi connectivity index (χ0n) is 16.8. The van der Waals surface area contributed by atoms with Crippen molar-refractivity contribution in [3.63, 3.8) is 0 Å². The van der Waals surface area contributed by atoms with Crippen molar-refractivity contribution >= 4 is 23.3 Å². The molecule has 29 heavy (non-hydrogen) atoms. The second kappa shape index (κ2) is 7.13. The van der Waals surface area contributed by atoms with Crippen molar-refractivity contribution in [3.05, 3.63) is 30.1 Å². The Balaban J connectivity index is 1.31. The summed E-state index contributed by atoms with van der Waals surface area (Å²) in [7, 11) is 1.47. The Hall–Kier alpha value is -2.41. The van der Waals surface area contributed by atoms with Crippen LogP contribution < -0.4 is 10.6 Å². The van der Waals surface area contributed by atoms with Gasteiger partial charge in [0.2, 0.25) is 0 Å². The summed E-state index contributed by atoms with van der Waals surface area (Å²) in [5.41, 5.74) is 1.46. The molecule has 2 N–H and O–H groups in total. The number of fused-ring (bicyclic) bond motifs is 1. The Morgan fingerprint density at radius 1 is 1.17 bits per heavy atom. The summed E-state index contributed by atoms with van der Waals surface area (Å²) >= 11 is 0. The van der Waals surface area contributed by atoms with Crippen LogP contribution in [0.25, 0.3) is 5.65 Å². The summed E-state index contributed by atoms with van der Waals surface area (Å²) in [5, 5.41) is 5.92. The second-order valence-electron chi connectivity index (χ2n) is 9.35. The topological polar surface area (TPSA) is 84.7 Å². The molecule has 154 valence electrons. The van der Waals surface area contributed by atoms with E-state index in [1.54, 1.807) is 16.7 Å². The number of hydrogen-bond acceptors (Lipinski definition) is 4. The Morgan fingerprint density at radius 2 is 1.86 bits per heavy atom. The minimum atomic E-state index is -0.274. The van der Waals surface area contributed by atoms with Gasteiger partial charge in [-0.25, -0.2) is 4.98 Å². The molecule has 7 nitrogen and oxygen atoms in total. The molecule has 2 aromatic rings. The van der Waals surface area contributed by atoms with E-state index in [-0.39, 0.29) is 18.4 Å². The summed E-state index contributed by atoms with van der Waals surface area (Å²) < 4.78 is 6.57. The van der Waals surface area contributed by atoms with Crippen LogP contribution >= 0.6 is 0 Å². The number of methoxy groups -OCH3 is 1. The van der Waals surface area contributed by atoms with E-state index >= 15 is 0 Å². The standard InChI is InChI=1S/C22H28N4O3/c1-29-12-20(27)25-18-11-26-17(3-2-4-19(26)24-18)21(28)23-13-22-8-14-5-15(9-22)7-16(6-14)10-22/h2-4,11,14-16H,5-10,12-13H2,1H3,(H,23,28)(H,25,27). The van der Waals surface area contributed by atoms with Crippen molar-refractivity contribution in [2.75, 3.05) is 25.6 Å². The molecule has 4 bridgehead atoms. The average molecular weight is 396 g/mol. The number of carbonyl (C=O) groups excluding carboxylic acids is 2. The van der Waals surface area contributed by atoms with Crippen molar-refractivity contribution in [3.8, 4) is 0 Å². The van der Waals surface area contributed by atoms with Crippen LogP contribution in [0.5, 0.6) is 0 Å². The number of amides is 2. The fourth-order valence-corrected chi connectivity index (χ4v) is 6.43. The van der Waals surface area contributed by atoms with Crippen LogP contribution in [0.3, 0.4) is 0 Å². The van der Waals surface area contributed by atoms with Gasteiger partial charge in [-0.05, 0) is 73.8 Å². The fourth-order valence-electron chi connectivity index (χ4n) is 6.43. The van der Waals surface area contributed by atoms with Gasteiger partial charge in [-0.3, -0.25) is 14.0 Å². The van der Waals surface area contributed by atoms with Gasteiger partial charge in [0, 0.05) is 13.7 Å². The first-order valence-corrected chi connectivity index (χ1v) is 10.6. The molecule has 4 aliphatic rings. The van der Waals surface area contributed by atoms with Crippen molar-refractivity contribution in [2.24, 2.45) is 23.2 Å². The van der Waals surface area contributed by atoms with Gasteiger partial charge >= 0.3 is 0 Å². The highest BCUT2D eigenvalue weighted by Crippen LogP contribution is 2.59. The number of nitrogens with one attached hydrogen (secondary N) is 2. The fraction of sp³-hybridized carbons (Fsp3) is 0.591. The van der Waals surface area contributed by atoms with Gasteiger partial charge in [0.05, 0.1) is 6.20 Å². The van der Waals surface area contributed by atoms with Crippen molar-refractivity contribution < 1.29 is 14.3 Å². The summed E-state index contributed by atoms with van der Waals surface area (Å²) in [6.45, 7) is 0.726. The number of ether oxygens (including phenoxy) is 1. The molecular formula is C22H28N4O3. The number of nitrogens with zero attached hydrogens (tertiary/aromatic N) is 2. The quantitative estimate of drug-likeness (QED) is 0.786. The van der Waals surface area contributed by atoms with E-state index < -0.39 is 0 Å². The molecule has 0 saturated heterocycles. The predicted octanol–water partition coefficient (Wildman–Crippen LogP) is 2.87. The Morgan fingerprint density at radius 3 is 2.52 bits per heavy atom. The third kappa shape index (κ3) is 3.52. The molecule has 4 aliphatic carbocycles. The van der Waals surface area contributed by atoms with Crippen molar-refractivity contribution in [2.45, 2.75) is 38.5 Å². The average Bonchev–Trinajstić information content (AvgIpc) is 3.07. The first kappa shape index (κ1) is 18.6. The molecule has 0 spiro atoms. The van der Waals surface area contributed by atoms with E-state index in [0.717, 1.165) is 24.3 Å². The van der Waals surface area contributed by atoms with Gasteiger partial charge in [-0.2, -0.15) is 0 Å². The molecular weight excluding hydrogens is 368 g/mol. The monoisotopic (exact) mass is 396 g/mol. The lowest BCUT2D eigenvalue weighted by atomic mass is 9.49. The van der Waals surface area contributed by atoms with Crippen LogP contribution in [-0.4, -0.2) is 41.5 Å². The van der Waals surface area contributed by atoms with E-state index in [2.05, 4.69) is 15.6 Å². The normalized spacial score (nSPS) is 29.9. The third-order valence-electron chi connectivity index (χ3n) is 7.06. The second-order valence-corrected chi connectivity index (χ2v) is 9.35. The van der Waals surface area contributed by atoms with E-state index in [0.29, 0.717) is 22.6 Å². The number of hydrogen-bond donors (Lipinski definition) is 2. The smallest absolute Gasteiger partial charge is 0.268 e. The lowest BCUT2D eigenvalue weighted by molar-refractivity contribution is -0.119. The van der Waals surface area contributed by atoms with E-state index in [9.17, 15) is 9.59 Å². The van der Waals surface area contributed by atoms with Gasteiger partial charge < -0.3 is 15.4 Å². The van der Waals surface area contributed by atoms with E-state index in [4.69, 9.17) is 4.74 Å². The molecule has 0 aromatic carbocycles. The van der Waals surface area contributed by atoms with Gasteiger partial charge in [-0.1, -0.05) is 6.07 Å². The Bertz CT molecular complexity index is 915. The van der Waals surface area contributed by atoms with Gasteiger partial charge in [0.25, 0.3) is 11.8 Å². The minimum absolute atomic E-state index is 0.0354. The molecule has 0 aliphatic heterocycles. The maximum absolute atomic E-state index is 13.0. The predicted molar refractivity (Wildman–Crippen MR) is 109 cm³/mol. The summed E-state index contributed by atoms with van der Waals surface area (Å²) in [6, 6.07) is 5.44. The highest BCUT2D eigenvalue weighted by atomic mass is 16.5. The van der Waals surface area contributed by atoms with Gasteiger partial charge in [0.1, 0.15) is 17.9 Å². The van der Waals surface area contributed by atoms with Crippen LogP contribution in [0.1, 0.15) is 49.0 Å². The summed E-state index contributed by atoms with van der Waals surface area (Å²) in [5.74, 6) is 2.66. The van der Waals surface area contributed by atoms with Crippen LogP contribution in [-0.2, 0) is 9.53 Å². The third-order valence-corrected chi connectivity index (χ3v) is 7.06. The Labute approximate surface area is 170 Å². The molecule has 2 aromatic heterocycles. The molecule has 0 radical (unpaired) electrons. The molecule has 0 atom stereocenters.